The normalized spacial score (nSPS) is 11.5. The van der Waals surface area contributed by atoms with Gasteiger partial charge in [0.25, 0.3) is 5.69 Å². The van der Waals surface area contributed by atoms with Gasteiger partial charge in [0.05, 0.1) is 23.5 Å². The van der Waals surface area contributed by atoms with Crippen LogP contribution in [0.3, 0.4) is 0 Å². The average molecular weight is 309 g/mol. The van der Waals surface area contributed by atoms with Crippen LogP contribution in [-0.2, 0) is 12.8 Å². The quantitative estimate of drug-likeness (QED) is 0.500. The number of nitro groups is 1. The molecule has 6 nitrogen and oxygen atoms in total. The first kappa shape index (κ1) is 16.3. The third-order valence-electron chi connectivity index (χ3n) is 3.53. The summed E-state index contributed by atoms with van der Waals surface area (Å²) in [6, 6.07) is 14.0. The Labute approximate surface area is 133 Å². The van der Waals surface area contributed by atoms with Crippen molar-refractivity contribution in [2.45, 2.75) is 18.9 Å². The monoisotopic (exact) mass is 309 g/mol. The Kier molecular flexibility index (Phi) is 5.18. The van der Waals surface area contributed by atoms with Crippen molar-refractivity contribution in [2.24, 2.45) is 5.73 Å². The Balaban J connectivity index is 2.14. The molecule has 0 saturated carbocycles. The molecule has 0 aliphatic carbocycles. The second-order valence-electron chi connectivity index (χ2n) is 5.08. The number of benzene rings is 2. The highest BCUT2D eigenvalue weighted by atomic mass is 16.6. The highest BCUT2D eigenvalue weighted by molar-refractivity contribution is 6.00. The molecule has 1 atom stereocenters. The number of non-ortho nitro benzene ring substituents is 1. The van der Waals surface area contributed by atoms with Gasteiger partial charge in [-0.25, -0.2) is 0 Å². The van der Waals surface area contributed by atoms with Crippen LogP contribution in [0, 0.1) is 21.4 Å². The Morgan fingerprint density at radius 3 is 2.35 bits per heavy atom. The van der Waals surface area contributed by atoms with E-state index in [9.17, 15) is 14.9 Å². The largest absolute Gasteiger partial charge is 0.321 e. The minimum absolute atomic E-state index is 0.0745. The van der Waals surface area contributed by atoms with Crippen LogP contribution in [0.25, 0.3) is 0 Å². The molecule has 0 saturated heterocycles. The highest BCUT2D eigenvalue weighted by Gasteiger charge is 2.18. The first-order chi connectivity index (χ1) is 11.0. The number of Topliss-reactive ketones (excluding diaryl/α,β-unsaturated/α-hetero) is 1. The number of rotatable bonds is 6. The van der Waals surface area contributed by atoms with Crippen molar-refractivity contribution >= 4 is 11.5 Å². The van der Waals surface area contributed by atoms with Crippen LogP contribution in [0.5, 0.6) is 0 Å². The van der Waals surface area contributed by atoms with Gasteiger partial charge in [-0.15, -0.1) is 0 Å². The number of hydrogen-bond acceptors (Lipinski definition) is 5. The molecule has 2 N–H and O–H groups in total. The lowest BCUT2D eigenvalue weighted by Crippen LogP contribution is -2.33. The van der Waals surface area contributed by atoms with Crippen LogP contribution in [0.2, 0.25) is 0 Å². The minimum Gasteiger partial charge on any atom is -0.321 e. The predicted molar refractivity (Wildman–Crippen MR) is 84.9 cm³/mol. The molecule has 6 heteroatoms. The molecule has 1 unspecified atom stereocenters. The maximum atomic E-state index is 12.3. The number of nitriles is 1. The van der Waals surface area contributed by atoms with Crippen molar-refractivity contribution < 1.29 is 9.72 Å². The van der Waals surface area contributed by atoms with E-state index in [4.69, 9.17) is 11.0 Å². The molecule has 23 heavy (non-hydrogen) atoms. The summed E-state index contributed by atoms with van der Waals surface area (Å²) in [6.45, 7) is 0. The summed E-state index contributed by atoms with van der Waals surface area (Å²) in [7, 11) is 0. The number of carbonyl (C=O) groups is 1. The molecular weight excluding hydrogens is 294 g/mol. The van der Waals surface area contributed by atoms with Crippen LogP contribution in [-0.4, -0.2) is 16.7 Å². The fourth-order valence-electron chi connectivity index (χ4n) is 2.31. The van der Waals surface area contributed by atoms with E-state index in [0.29, 0.717) is 12.0 Å². The van der Waals surface area contributed by atoms with Crippen molar-refractivity contribution in [2.75, 3.05) is 0 Å². The Bertz CT molecular complexity index is 763. The number of nitrogens with zero attached hydrogens (tertiary/aromatic N) is 2. The highest BCUT2D eigenvalue weighted by Crippen LogP contribution is 2.16. The van der Waals surface area contributed by atoms with Gasteiger partial charge in [0.1, 0.15) is 0 Å². The maximum absolute atomic E-state index is 12.3. The van der Waals surface area contributed by atoms with Gasteiger partial charge in [-0.3, -0.25) is 14.9 Å². The maximum Gasteiger partial charge on any atom is 0.269 e. The van der Waals surface area contributed by atoms with Gasteiger partial charge in [-0.2, -0.15) is 5.26 Å². The molecule has 0 fully saturated rings. The Morgan fingerprint density at radius 1 is 1.17 bits per heavy atom. The topological polar surface area (TPSA) is 110 Å². The summed E-state index contributed by atoms with van der Waals surface area (Å²) >= 11 is 0. The molecule has 0 heterocycles. The van der Waals surface area contributed by atoms with Gasteiger partial charge < -0.3 is 5.73 Å². The summed E-state index contributed by atoms with van der Waals surface area (Å²) in [5.41, 5.74) is 7.94. The summed E-state index contributed by atoms with van der Waals surface area (Å²) < 4.78 is 0. The van der Waals surface area contributed by atoms with Crippen LogP contribution in [0.15, 0.2) is 48.5 Å². The zero-order valence-electron chi connectivity index (χ0n) is 12.3. The summed E-state index contributed by atoms with van der Waals surface area (Å²) in [5.74, 6) is -0.286. The van der Waals surface area contributed by atoms with Crippen LogP contribution in [0.1, 0.15) is 21.5 Å². The summed E-state index contributed by atoms with van der Waals surface area (Å²) in [5, 5.41) is 19.5. The van der Waals surface area contributed by atoms with E-state index in [1.807, 2.05) is 24.3 Å². The molecule has 2 aromatic carbocycles. The summed E-state index contributed by atoms with van der Waals surface area (Å²) in [4.78, 5) is 22.4. The van der Waals surface area contributed by atoms with E-state index in [1.165, 1.54) is 24.3 Å². The smallest absolute Gasteiger partial charge is 0.269 e. The fourth-order valence-corrected chi connectivity index (χ4v) is 2.31. The van der Waals surface area contributed by atoms with Crippen molar-refractivity contribution in [3.05, 3.63) is 75.3 Å². The van der Waals surface area contributed by atoms with E-state index in [2.05, 4.69) is 6.07 Å². The van der Waals surface area contributed by atoms with E-state index >= 15 is 0 Å². The second kappa shape index (κ2) is 7.29. The van der Waals surface area contributed by atoms with E-state index < -0.39 is 11.0 Å². The molecule has 2 rings (SSSR count). The van der Waals surface area contributed by atoms with Gasteiger partial charge in [0, 0.05) is 17.7 Å². The van der Waals surface area contributed by atoms with Gasteiger partial charge in [-0.1, -0.05) is 24.3 Å². The third-order valence-corrected chi connectivity index (χ3v) is 3.53. The zero-order valence-corrected chi connectivity index (χ0v) is 12.3. The Morgan fingerprint density at radius 2 is 1.78 bits per heavy atom. The molecule has 0 aliphatic rings. The molecule has 0 spiro atoms. The standard InChI is InChI=1S/C17H15N3O3/c18-10-9-12-3-1-2-4-14(12)11-16(19)17(21)13-5-7-15(8-6-13)20(22)23/h1-8,16H,9,11,19H2. The number of ketones is 1. The predicted octanol–water partition coefficient (Wildman–Crippen LogP) is 2.41. The Hall–Kier alpha value is -3.04. The van der Waals surface area contributed by atoms with E-state index in [1.54, 1.807) is 0 Å². The second-order valence-corrected chi connectivity index (χ2v) is 5.08. The zero-order chi connectivity index (χ0) is 16.8. The molecule has 2 aromatic rings. The van der Waals surface area contributed by atoms with Crippen molar-refractivity contribution in [1.29, 1.82) is 5.26 Å². The van der Waals surface area contributed by atoms with Crippen molar-refractivity contribution in [1.82, 2.24) is 0 Å². The van der Waals surface area contributed by atoms with Crippen molar-refractivity contribution in [3.8, 4) is 6.07 Å². The van der Waals surface area contributed by atoms with Gasteiger partial charge >= 0.3 is 0 Å². The van der Waals surface area contributed by atoms with Gasteiger partial charge in [0.15, 0.2) is 5.78 Å². The average Bonchev–Trinajstić information content (AvgIpc) is 2.56. The number of nitrogens with two attached hydrogens (primary N) is 1. The minimum atomic E-state index is -0.767. The fraction of sp³-hybridized carbons (Fsp3) is 0.176. The summed E-state index contributed by atoms with van der Waals surface area (Å²) in [6.07, 6.45) is 0.572. The molecule has 0 aliphatic heterocycles. The van der Waals surface area contributed by atoms with Crippen LogP contribution in [0.4, 0.5) is 5.69 Å². The van der Waals surface area contributed by atoms with Crippen LogP contribution < -0.4 is 5.73 Å². The lowest BCUT2D eigenvalue weighted by molar-refractivity contribution is -0.384. The first-order valence-electron chi connectivity index (χ1n) is 7.01. The lowest BCUT2D eigenvalue weighted by Gasteiger charge is -2.13. The SMILES string of the molecule is N#CCc1ccccc1CC(N)C(=O)c1ccc([N+](=O)[O-])cc1. The molecule has 0 amide bonds. The molecule has 0 aromatic heterocycles. The molecule has 116 valence electrons. The van der Waals surface area contributed by atoms with E-state index in [0.717, 1.165) is 11.1 Å². The van der Waals surface area contributed by atoms with Gasteiger partial charge in [-0.05, 0) is 29.7 Å². The lowest BCUT2D eigenvalue weighted by atomic mass is 9.94. The molecule has 0 radical (unpaired) electrons. The molecule has 0 bridgehead atoms. The molecular formula is C17H15N3O3. The van der Waals surface area contributed by atoms with Crippen LogP contribution >= 0.6 is 0 Å². The number of carbonyl (C=O) groups excluding carboxylic acids is 1. The first-order valence-corrected chi connectivity index (χ1v) is 7.01. The number of nitro benzene ring substituents is 1. The van der Waals surface area contributed by atoms with E-state index in [-0.39, 0.29) is 17.9 Å². The van der Waals surface area contributed by atoms with Crippen molar-refractivity contribution in [3.63, 3.8) is 0 Å². The van der Waals surface area contributed by atoms with Gasteiger partial charge in [0.2, 0.25) is 0 Å². The third kappa shape index (κ3) is 3.99. The number of hydrogen-bond donors (Lipinski definition) is 1.